The van der Waals surface area contributed by atoms with E-state index in [-0.39, 0.29) is 0 Å². The molecule has 0 aromatic heterocycles. The SMILES string of the molecule is CCC(CC)C(NC1CCCNC1)c1ccccc1. The standard InChI is InChI=1S/C17H28N2/c1-3-14(4-2)17(15-9-6-5-7-10-15)19-16-11-8-12-18-13-16/h5-7,9-10,14,16-19H,3-4,8,11-13H2,1-2H3. The molecule has 0 spiro atoms. The fourth-order valence-electron chi connectivity index (χ4n) is 3.17. The molecular formula is C17H28N2. The topological polar surface area (TPSA) is 24.1 Å². The summed E-state index contributed by atoms with van der Waals surface area (Å²) < 4.78 is 0. The molecule has 1 aliphatic rings. The predicted octanol–water partition coefficient (Wildman–Crippen LogP) is 3.51. The van der Waals surface area contributed by atoms with Crippen LogP contribution in [0.3, 0.4) is 0 Å². The van der Waals surface area contributed by atoms with Gasteiger partial charge >= 0.3 is 0 Å². The highest BCUT2D eigenvalue weighted by atomic mass is 15.0. The molecule has 0 saturated carbocycles. The van der Waals surface area contributed by atoms with Crippen molar-refractivity contribution in [3.8, 4) is 0 Å². The average Bonchev–Trinajstić information content (AvgIpc) is 2.49. The smallest absolute Gasteiger partial charge is 0.0351 e. The molecule has 2 heteroatoms. The van der Waals surface area contributed by atoms with E-state index in [1.165, 1.54) is 37.8 Å². The monoisotopic (exact) mass is 260 g/mol. The van der Waals surface area contributed by atoms with Crippen LogP contribution in [0.25, 0.3) is 0 Å². The molecule has 2 N–H and O–H groups in total. The van der Waals surface area contributed by atoms with E-state index in [4.69, 9.17) is 0 Å². The van der Waals surface area contributed by atoms with Gasteiger partial charge in [0, 0.05) is 18.6 Å². The largest absolute Gasteiger partial charge is 0.315 e. The predicted molar refractivity (Wildman–Crippen MR) is 82.3 cm³/mol. The lowest BCUT2D eigenvalue weighted by Crippen LogP contribution is -2.46. The summed E-state index contributed by atoms with van der Waals surface area (Å²) in [6.45, 7) is 6.92. The zero-order valence-electron chi connectivity index (χ0n) is 12.4. The van der Waals surface area contributed by atoms with Crippen LogP contribution < -0.4 is 10.6 Å². The molecule has 106 valence electrons. The molecule has 2 atom stereocenters. The normalized spacial score (nSPS) is 21.5. The van der Waals surface area contributed by atoms with Gasteiger partial charge in [-0.2, -0.15) is 0 Å². The third kappa shape index (κ3) is 4.05. The van der Waals surface area contributed by atoms with Crippen LogP contribution in [0.5, 0.6) is 0 Å². The van der Waals surface area contributed by atoms with Crippen LogP contribution in [0.1, 0.15) is 51.1 Å². The molecule has 1 aromatic carbocycles. The lowest BCUT2D eigenvalue weighted by Gasteiger charge is -2.33. The van der Waals surface area contributed by atoms with Gasteiger partial charge in [-0.25, -0.2) is 0 Å². The Balaban J connectivity index is 2.09. The third-order valence-corrected chi connectivity index (χ3v) is 4.39. The molecule has 0 amide bonds. The van der Waals surface area contributed by atoms with Crippen molar-refractivity contribution in [3.05, 3.63) is 35.9 Å². The first kappa shape index (κ1) is 14.5. The van der Waals surface area contributed by atoms with Crippen LogP contribution in [-0.2, 0) is 0 Å². The fourth-order valence-corrected chi connectivity index (χ4v) is 3.17. The summed E-state index contributed by atoms with van der Waals surface area (Å²) in [6, 6.07) is 12.1. The van der Waals surface area contributed by atoms with Crippen molar-refractivity contribution in [2.24, 2.45) is 5.92 Å². The van der Waals surface area contributed by atoms with Gasteiger partial charge in [-0.3, -0.25) is 0 Å². The average molecular weight is 260 g/mol. The van der Waals surface area contributed by atoms with Gasteiger partial charge in [-0.15, -0.1) is 0 Å². The van der Waals surface area contributed by atoms with Gasteiger partial charge in [0.25, 0.3) is 0 Å². The molecule has 1 aromatic rings. The molecule has 2 rings (SSSR count). The lowest BCUT2D eigenvalue weighted by molar-refractivity contribution is 0.279. The highest BCUT2D eigenvalue weighted by Crippen LogP contribution is 2.28. The summed E-state index contributed by atoms with van der Waals surface area (Å²) >= 11 is 0. The highest BCUT2D eigenvalue weighted by molar-refractivity contribution is 5.20. The third-order valence-electron chi connectivity index (χ3n) is 4.39. The second-order valence-corrected chi connectivity index (χ2v) is 5.67. The van der Waals surface area contributed by atoms with Crippen molar-refractivity contribution >= 4 is 0 Å². The Morgan fingerprint density at radius 3 is 2.53 bits per heavy atom. The molecule has 0 aliphatic carbocycles. The van der Waals surface area contributed by atoms with Crippen LogP contribution in [0.2, 0.25) is 0 Å². The maximum absolute atomic E-state index is 3.91. The van der Waals surface area contributed by atoms with Crippen molar-refractivity contribution in [2.45, 2.75) is 51.6 Å². The zero-order chi connectivity index (χ0) is 13.5. The van der Waals surface area contributed by atoms with Crippen LogP contribution in [0, 0.1) is 5.92 Å². The molecular weight excluding hydrogens is 232 g/mol. The van der Waals surface area contributed by atoms with Crippen molar-refractivity contribution in [1.29, 1.82) is 0 Å². The minimum atomic E-state index is 0.501. The molecule has 1 fully saturated rings. The van der Waals surface area contributed by atoms with E-state index < -0.39 is 0 Å². The molecule has 19 heavy (non-hydrogen) atoms. The van der Waals surface area contributed by atoms with E-state index in [9.17, 15) is 0 Å². The van der Waals surface area contributed by atoms with E-state index in [1.54, 1.807) is 0 Å². The Hall–Kier alpha value is -0.860. The molecule has 0 radical (unpaired) electrons. The lowest BCUT2D eigenvalue weighted by atomic mass is 9.87. The summed E-state index contributed by atoms with van der Waals surface area (Å²) in [4.78, 5) is 0. The Bertz CT molecular complexity index is 340. The second-order valence-electron chi connectivity index (χ2n) is 5.67. The maximum atomic E-state index is 3.91. The summed E-state index contributed by atoms with van der Waals surface area (Å²) in [7, 11) is 0. The van der Waals surface area contributed by atoms with Gasteiger partial charge in [0.15, 0.2) is 0 Å². The highest BCUT2D eigenvalue weighted by Gasteiger charge is 2.24. The number of nitrogens with one attached hydrogen (secondary N) is 2. The van der Waals surface area contributed by atoms with Crippen molar-refractivity contribution in [1.82, 2.24) is 10.6 Å². The first-order chi connectivity index (χ1) is 9.35. The van der Waals surface area contributed by atoms with E-state index >= 15 is 0 Å². The molecule has 1 aliphatic heterocycles. The summed E-state index contributed by atoms with van der Waals surface area (Å²) in [5.41, 5.74) is 1.45. The molecule has 1 heterocycles. The van der Waals surface area contributed by atoms with E-state index in [0.29, 0.717) is 12.1 Å². The van der Waals surface area contributed by atoms with Gasteiger partial charge in [0.1, 0.15) is 0 Å². The zero-order valence-corrected chi connectivity index (χ0v) is 12.4. The van der Waals surface area contributed by atoms with Crippen LogP contribution in [-0.4, -0.2) is 19.1 Å². The Labute approximate surface area is 118 Å². The Morgan fingerprint density at radius 2 is 1.95 bits per heavy atom. The molecule has 1 saturated heterocycles. The van der Waals surface area contributed by atoms with E-state index in [1.807, 2.05) is 0 Å². The van der Waals surface area contributed by atoms with Gasteiger partial charge in [-0.05, 0) is 30.9 Å². The van der Waals surface area contributed by atoms with Crippen molar-refractivity contribution in [3.63, 3.8) is 0 Å². The first-order valence-electron chi connectivity index (χ1n) is 7.86. The number of hydrogen-bond donors (Lipinski definition) is 2. The summed E-state index contributed by atoms with van der Waals surface area (Å²) in [6.07, 6.45) is 5.07. The van der Waals surface area contributed by atoms with Crippen LogP contribution in [0.15, 0.2) is 30.3 Å². The number of hydrogen-bond acceptors (Lipinski definition) is 2. The maximum Gasteiger partial charge on any atom is 0.0351 e. The summed E-state index contributed by atoms with van der Waals surface area (Å²) in [5.74, 6) is 0.726. The fraction of sp³-hybridized carbons (Fsp3) is 0.647. The van der Waals surface area contributed by atoms with Gasteiger partial charge in [-0.1, -0.05) is 57.0 Å². The molecule has 2 unspecified atom stereocenters. The first-order valence-corrected chi connectivity index (χ1v) is 7.86. The number of benzene rings is 1. The van der Waals surface area contributed by atoms with E-state index in [2.05, 4.69) is 54.8 Å². The van der Waals surface area contributed by atoms with Gasteiger partial charge in [0.05, 0.1) is 0 Å². The van der Waals surface area contributed by atoms with Gasteiger partial charge in [0.2, 0.25) is 0 Å². The Kier molecular flexibility index (Phi) is 5.87. The number of piperidine rings is 1. The molecule has 0 bridgehead atoms. The molecule has 2 nitrogen and oxygen atoms in total. The van der Waals surface area contributed by atoms with Crippen LogP contribution >= 0.6 is 0 Å². The minimum absolute atomic E-state index is 0.501. The van der Waals surface area contributed by atoms with E-state index in [0.717, 1.165) is 12.5 Å². The Morgan fingerprint density at radius 1 is 1.21 bits per heavy atom. The second kappa shape index (κ2) is 7.66. The van der Waals surface area contributed by atoms with Gasteiger partial charge < -0.3 is 10.6 Å². The minimum Gasteiger partial charge on any atom is -0.315 e. The summed E-state index contributed by atoms with van der Waals surface area (Å²) in [5, 5.41) is 7.42. The quantitative estimate of drug-likeness (QED) is 0.818. The van der Waals surface area contributed by atoms with Crippen molar-refractivity contribution in [2.75, 3.05) is 13.1 Å². The number of rotatable bonds is 6. The van der Waals surface area contributed by atoms with Crippen LogP contribution in [0.4, 0.5) is 0 Å². The van der Waals surface area contributed by atoms with Crippen molar-refractivity contribution < 1.29 is 0 Å².